The van der Waals surface area contributed by atoms with Gasteiger partial charge in [0.2, 0.25) is 0 Å². The molecule has 0 spiro atoms. The molecule has 4 nitrogen and oxygen atoms in total. The number of halogens is 3. The summed E-state index contributed by atoms with van der Waals surface area (Å²) in [5, 5.41) is 5.82. The summed E-state index contributed by atoms with van der Waals surface area (Å²) in [6.45, 7) is 0.460. The van der Waals surface area contributed by atoms with E-state index in [1.165, 1.54) is 19.2 Å². The van der Waals surface area contributed by atoms with Crippen molar-refractivity contribution in [2.75, 3.05) is 13.7 Å². The molecule has 0 saturated carbocycles. The van der Waals surface area contributed by atoms with E-state index in [9.17, 15) is 13.6 Å². The van der Waals surface area contributed by atoms with Crippen molar-refractivity contribution >= 4 is 17.6 Å². The number of carbonyl (C=O) groups is 1. The minimum absolute atomic E-state index is 0.223. The molecule has 0 unspecified atom stereocenters. The highest BCUT2D eigenvalue weighted by molar-refractivity contribution is 6.30. The van der Waals surface area contributed by atoms with Gasteiger partial charge in [0, 0.05) is 29.7 Å². The normalized spacial score (nSPS) is 10.3. The Labute approximate surface area is 143 Å². The third-order valence-electron chi connectivity index (χ3n) is 3.38. The number of carbonyl (C=O) groups excluding carboxylic acids is 1. The van der Waals surface area contributed by atoms with Crippen molar-refractivity contribution in [1.29, 1.82) is 0 Å². The van der Waals surface area contributed by atoms with Crippen molar-refractivity contribution < 1.29 is 18.3 Å². The molecule has 0 radical (unpaired) electrons. The first kappa shape index (κ1) is 18.0. The molecule has 128 valence electrons. The molecular weight excluding hydrogens is 338 g/mol. The summed E-state index contributed by atoms with van der Waals surface area (Å²) in [7, 11) is 1.53. The van der Waals surface area contributed by atoms with Crippen LogP contribution in [0.5, 0.6) is 5.75 Å². The van der Waals surface area contributed by atoms with E-state index in [4.69, 9.17) is 16.3 Å². The lowest BCUT2D eigenvalue weighted by Crippen LogP contribution is -2.36. The highest BCUT2D eigenvalue weighted by Crippen LogP contribution is 2.22. The van der Waals surface area contributed by atoms with Gasteiger partial charge in [0.15, 0.2) is 0 Å². The fourth-order valence-corrected chi connectivity index (χ4v) is 2.35. The van der Waals surface area contributed by atoms with E-state index in [-0.39, 0.29) is 19.5 Å². The van der Waals surface area contributed by atoms with Crippen LogP contribution in [0.3, 0.4) is 0 Å². The predicted octanol–water partition coefficient (Wildman–Crippen LogP) is 3.67. The maximum atomic E-state index is 13.5. The largest absolute Gasteiger partial charge is 0.496 e. The van der Waals surface area contributed by atoms with Gasteiger partial charge in [-0.1, -0.05) is 17.7 Å². The van der Waals surface area contributed by atoms with E-state index in [1.54, 1.807) is 18.2 Å². The summed E-state index contributed by atoms with van der Waals surface area (Å²) < 4.78 is 31.5. The SMILES string of the molecule is COc1ccc(Cl)cc1CNC(=O)NCCc1ccc(F)cc1F. The number of hydrogen-bond acceptors (Lipinski definition) is 2. The third kappa shape index (κ3) is 5.09. The fraction of sp³-hybridized carbons (Fsp3) is 0.235. The Bertz CT molecular complexity index is 726. The van der Waals surface area contributed by atoms with E-state index in [0.717, 1.165) is 11.6 Å². The quantitative estimate of drug-likeness (QED) is 0.831. The van der Waals surface area contributed by atoms with Gasteiger partial charge in [0.25, 0.3) is 0 Å². The predicted molar refractivity (Wildman–Crippen MR) is 88.3 cm³/mol. The second-order valence-electron chi connectivity index (χ2n) is 5.05. The minimum Gasteiger partial charge on any atom is -0.496 e. The first-order valence-corrected chi connectivity index (χ1v) is 7.65. The average Bonchev–Trinajstić information content (AvgIpc) is 2.55. The molecule has 2 aromatic rings. The van der Waals surface area contributed by atoms with Gasteiger partial charge >= 0.3 is 6.03 Å². The molecule has 2 rings (SSSR count). The number of hydrogen-bond donors (Lipinski definition) is 2. The zero-order valence-electron chi connectivity index (χ0n) is 13.0. The van der Waals surface area contributed by atoms with Crippen LogP contribution in [0.4, 0.5) is 13.6 Å². The molecule has 0 aliphatic carbocycles. The van der Waals surface area contributed by atoms with E-state index < -0.39 is 17.7 Å². The molecule has 0 atom stereocenters. The lowest BCUT2D eigenvalue weighted by atomic mass is 10.1. The van der Waals surface area contributed by atoms with Gasteiger partial charge in [-0.15, -0.1) is 0 Å². The van der Waals surface area contributed by atoms with Crippen LogP contribution in [0.2, 0.25) is 5.02 Å². The number of amides is 2. The van der Waals surface area contributed by atoms with Crippen molar-refractivity contribution in [2.24, 2.45) is 0 Å². The highest BCUT2D eigenvalue weighted by Gasteiger charge is 2.07. The molecular formula is C17H17ClF2N2O2. The Hall–Kier alpha value is -2.34. The molecule has 0 heterocycles. The van der Waals surface area contributed by atoms with Crippen molar-refractivity contribution in [1.82, 2.24) is 10.6 Å². The number of ether oxygens (including phenoxy) is 1. The number of benzene rings is 2. The van der Waals surface area contributed by atoms with Crippen molar-refractivity contribution in [2.45, 2.75) is 13.0 Å². The smallest absolute Gasteiger partial charge is 0.315 e. The monoisotopic (exact) mass is 354 g/mol. The molecule has 0 bridgehead atoms. The molecule has 0 aliphatic rings. The number of urea groups is 1. The molecule has 0 fully saturated rings. The second kappa shape index (κ2) is 8.49. The molecule has 0 aliphatic heterocycles. The Kier molecular flexibility index (Phi) is 6.37. The van der Waals surface area contributed by atoms with Crippen LogP contribution in [0.25, 0.3) is 0 Å². The van der Waals surface area contributed by atoms with Crippen molar-refractivity contribution in [3.8, 4) is 5.75 Å². The molecule has 2 amide bonds. The summed E-state index contributed by atoms with van der Waals surface area (Å²) >= 11 is 5.92. The van der Waals surface area contributed by atoms with Gasteiger partial charge in [-0.3, -0.25) is 0 Å². The van der Waals surface area contributed by atoms with Crippen LogP contribution in [-0.2, 0) is 13.0 Å². The molecule has 2 N–H and O–H groups in total. The highest BCUT2D eigenvalue weighted by atomic mass is 35.5. The summed E-state index contributed by atoms with van der Waals surface area (Å²) in [4.78, 5) is 11.8. The molecule has 24 heavy (non-hydrogen) atoms. The number of methoxy groups -OCH3 is 1. The van der Waals surface area contributed by atoms with Crippen LogP contribution in [0, 0.1) is 11.6 Å². The van der Waals surface area contributed by atoms with Crippen LogP contribution in [0.15, 0.2) is 36.4 Å². The minimum atomic E-state index is -0.627. The van der Waals surface area contributed by atoms with Crippen LogP contribution in [-0.4, -0.2) is 19.7 Å². The molecule has 7 heteroatoms. The first-order chi connectivity index (χ1) is 11.5. The molecule has 0 saturated heterocycles. The molecule has 0 aromatic heterocycles. The lowest BCUT2D eigenvalue weighted by Gasteiger charge is -2.11. The maximum Gasteiger partial charge on any atom is 0.315 e. The topological polar surface area (TPSA) is 50.4 Å². The van der Waals surface area contributed by atoms with Crippen molar-refractivity contribution in [3.05, 3.63) is 64.2 Å². The summed E-state index contributed by atoms with van der Waals surface area (Å²) in [5.74, 6) is -0.633. The van der Waals surface area contributed by atoms with Crippen LogP contribution >= 0.6 is 11.6 Å². The van der Waals surface area contributed by atoms with Gasteiger partial charge in [-0.25, -0.2) is 13.6 Å². The van der Waals surface area contributed by atoms with Gasteiger partial charge in [0.05, 0.1) is 7.11 Å². The standard InChI is InChI=1S/C17H17ClF2N2O2/c1-24-16-5-3-13(18)8-12(16)10-22-17(23)21-7-6-11-2-4-14(19)9-15(11)20/h2-5,8-9H,6-7,10H2,1H3,(H2,21,22,23). The van der Waals surface area contributed by atoms with E-state index in [1.807, 2.05) is 0 Å². The third-order valence-corrected chi connectivity index (χ3v) is 3.61. The Morgan fingerprint density at radius 1 is 1.12 bits per heavy atom. The zero-order valence-corrected chi connectivity index (χ0v) is 13.8. The van der Waals surface area contributed by atoms with E-state index in [2.05, 4.69) is 10.6 Å². The lowest BCUT2D eigenvalue weighted by molar-refractivity contribution is 0.240. The van der Waals surface area contributed by atoms with E-state index in [0.29, 0.717) is 16.3 Å². The Morgan fingerprint density at radius 2 is 1.92 bits per heavy atom. The van der Waals surface area contributed by atoms with Gasteiger partial charge in [-0.2, -0.15) is 0 Å². The van der Waals surface area contributed by atoms with Gasteiger partial charge in [-0.05, 0) is 36.2 Å². The van der Waals surface area contributed by atoms with Gasteiger partial charge < -0.3 is 15.4 Å². The molecule has 2 aromatic carbocycles. The Balaban J connectivity index is 1.80. The first-order valence-electron chi connectivity index (χ1n) is 7.27. The average molecular weight is 355 g/mol. The Morgan fingerprint density at radius 3 is 2.62 bits per heavy atom. The van der Waals surface area contributed by atoms with E-state index >= 15 is 0 Å². The fourth-order valence-electron chi connectivity index (χ4n) is 2.16. The van der Waals surface area contributed by atoms with Crippen LogP contribution < -0.4 is 15.4 Å². The summed E-state index contributed by atoms with van der Waals surface area (Å²) in [6.07, 6.45) is 0.264. The second-order valence-corrected chi connectivity index (χ2v) is 5.49. The summed E-state index contributed by atoms with van der Waals surface area (Å²) in [6, 6.07) is 8.08. The van der Waals surface area contributed by atoms with Crippen molar-refractivity contribution in [3.63, 3.8) is 0 Å². The number of rotatable bonds is 6. The number of nitrogens with one attached hydrogen (secondary N) is 2. The zero-order chi connectivity index (χ0) is 17.5. The van der Waals surface area contributed by atoms with Crippen LogP contribution in [0.1, 0.15) is 11.1 Å². The maximum absolute atomic E-state index is 13.5. The summed E-state index contributed by atoms with van der Waals surface area (Å²) in [5.41, 5.74) is 1.08. The van der Waals surface area contributed by atoms with Gasteiger partial charge in [0.1, 0.15) is 17.4 Å².